The fourth-order valence-corrected chi connectivity index (χ4v) is 3.09. The van der Waals surface area contributed by atoms with Gasteiger partial charge in [-0.05, 0) is 42.5 Å². The van der Waals surface area contributed by atoms with Gasteiger partial charge < -0.3 is 11.5 Å². The molecule has 0 heterocycles. The van der Waals surface area contributed by atoms with E-state index < -0.39 is 5.91 Å². The molecule has 19 heavy (non-hydrogen) atoms. The number of halogens is 1. The molecule has 1 fully saturated rings. The Bertz CT molecular complexity index is 516. The number of nitrogens with two attached hydrogens (primary N) is 2. The predicted octanol–water partition coefficient (Wildman–Crippen LogP) is 2.20. The van der Waals surface area contributed by atoms with E-state index in [1.807, 2.05) is 0 Å². The van der Waals surface area contributed by atoms with Crippen molar-refractivity contribution in [2.24, 2.45) is 17.4 Å². The van der Waals surface area contributed by atoms with Crippen LogP contribution in [0.15, 0.2) is 18.2 Å². The number of amides is 2. The molecular weight excluding hydrogens is 264 g/mol. The Morgan fingerprint density at radius 3 is 2.47 bits per heavy atom. The Kier molecular flexibility index (Phi) is 4.10. The number of carbonyl (C=O) groups is 2. The molecule has 2 amide bonds. The lowest BCUT2D eigenvalue weighted by Crippen LogP contribution is -2.32. The smallest absolute Gasteiger partial charge is 0.248 e. The summed E-state index contributed by atoms with van der Waals surface area (Å²) >= 11 is 6.00. The molecule has 2 rings (SSSR count). The summed E-state index contributed by atoms with van der Waals surface area (Å²) in [5, 5.41) is 0.536. The Morgan fingerprint density at radius 1 is 1.16 bits per heavy atom. The van der Waals surface area contributed by atoms with Crippen LogP contribution in [-0.2, 0) is 4.79 Å². The third-order valence-corrected chi connectivity index (χ3v) is 4.05. The Morgan fingerprint density at radius 2 is 1.84 bits per heavy atom. The van der Waals surface area contributed by atoms with Gasteiger partial charge in [0.25, 0.3) is 0 Å². The van der Waals surface area contributed by atoms with Gasteiger partial charge >= 0.3 is 0 Å². The normalized spacial score (nSPS) is 23.0. The zero-order valence-corrected chi connectivity index (χ0v) is 11.3. The molecule has 1 aromatic carbocycles. The maximum atomic E-state index is 11.6. The molecule has 4 N–H and O–H groups in total. The van der Waals surface area contributed by atoms with Crippen LogP contribution in [-0.4, -0.2) is 11.8 Å². The minimum absolute atomic E-state index is 0.0625. The molecule has 4 nitrogen and oxygen atoms in total. The molecule has 1 aliphatic carbocycles. The minimum atomic E-state index is -0.500. The van der Waals surface area contributed by atoms with Gasteiger partial charge in [0, 0.05) is 16.5 Å². The van der Waals surface area contributed by atoms with E-state index in [9.17, 15) is 9.59 Å². The maximum absolute atomic E-state index is 11.6. The largest absolute Gasteiger partial charge is 0.369 e. The zero-order valence-electron chi connectivity index (χ0n) is 10.6. The number of carbonyl (C=O) groups excluding carboxylic acids is 2. The summed E-state index contributed by atoms with van der Waals surface area (Å²) in [5.74, 6) is -1.13. The summed E-state index contributed by atoms with van der Waals surface area (Å²) in [6.07, 6.45) is 3.58. The maximum Gasteiger partial charge on any atom is 0.248 e. The first-order valence-electron chi connectivity index (χ1n) is 6.39. The average Bonchev–Trinajstić information content (AvgIpc) is 2.38. The summed E-state index contributed by atoms with van der Waals surface area (Å²) in [4.78, 5) is 23.1. The van der Waals surface area contributed by atoms with Gasteiger partial charge in [0.15, 0.2) is 0 Å². The van der Waals surface area contributed by atoms with Gasteiger partial charge in [0.1, 0.15) is 0 Å². The highest BCUT2D eigenvalue weighted by atomic mass is 35.5. The highest BCUT2D eigenvalue weighted by Crippen LogP contribution is 2.39. The van der Waals surface area contributed by atoms with E-state index in [0.29, 0.717) is 10.6 Å². The van der Waals surface area contributed by atoms with E-state index in [-0.39, 0.29) is 17.7 Å². The molecule has 1 saturated carbocycles. The van der Waals surface area contributed by atoms with Crippen LogP contribution in [0.4, 0.5) is 0 Å². The van der Waals surface area contributed by atoms with Gasteiger partial charge in [-0.3, -0.25) is 9.59 Å². The van der Waals surface area contributed by atoms with Gasteiger partial charge in [-0.15, -0.1) is 0 Å². The lowest BCUT2D eigenvalue weighted by molar-refractivity contribution is -0.123. The average molecular weight is 281 g/mol. The fourth-order valence-electron chi connectivity index (χ4n) is 2.91. The lowest BCUT2D eigenvalue weighted by Gasteiger charge is -2.30. The standard InChI is InChI=1S/C14H17ClN2O2/c15-8-5-6-11(14(17)19)12(7-8)9-3-1-2-4-10(9)13(16)18/h5-7,9-10H,1-4H2,(H2,16,18)(H2,17,19). The summed E-state index contributed by atoms with van der Waals surface area (Å²) in [6, 6.07) is 4.98. The van der Waals surface area contributed by atoms with Crippen molar-refractivity contribution in [2.75, 3.05) is 0 Å². The molecule has 0 radical (unpaired) electrons. The lowest BCUT2D eigenvalue weighted by atomic mass is 9.74. The predicted molar refractivity (Wildman–Crippen MR) is 73.9 cm³/mol. The highest BCUT2D eigenvalue weighted by molar-refractivity contribution is 6.30. The topological polar surface area (TPSA) is 86.2 Å². The molecule has 2 unspecified atom stereocenters. The van der Waals surface area contributed by atoms with E-state index in [1.165, 1.54) is 0 Å². The second kappa shape index (κ2) is 5.61. The fraction of sp³-hybridized carbons (Fsp3) is 0.429. The van der Waals surface area contributed by atoms with Crippen molar-refractivity contribution in [1.82, 2.24) is 0 Å². The SMILES string of the molecule is NC(=O)c1ccc(Cl)cc1C1CCCCC1C(N)=O. The second-order valence-electron chi connectivity index (χ2n) is 5.00. The molecule has 102 valence electrons. The summed E-state index contributed by atoms with van der Waals surface area (Å²) in [7, 11) is 0. The number of hydrogen-bond donors (Lipinski definition) is 2. The Hall–Kier alpha value is -1.55. The second-order valence-corrected chi connectivity index (χ2v) is 5.43. The molecule has 0 spiro atoms. The summed E-state index contributed by atoms with van der Waals surface area (Å²) in [6.45, 7) is 0. The van der Waals surface area contributed by atoms with E-state index in [4.69, 9.17) is 23.1 Å². The van der Waals surface area contributed by atoms with Crippen molar-refractivity contribution in [1.29, 1.82) is 0 Å². The first kappa shape index (κ1) is 13.9. The first-order valence-corrected chi connectivity index (χ1v) is 6.77. The van der Waals surface area contributed by atoms with E-state index in [0.717, 1.165) is 31.2 Å². The molecule has 0 aromatic heterocycles. The van der Waals surface area contributed by atoms with Crippen molar-refractivity contribution < 1.29 is 9.59 Å². The Labute approximate surface area is 117 Å². The van der Waals surface area contributed by atoms with Crippen LogP contribution in [0.2, 0.25) is 5.02 Å². The van der Waals surface area contributed by atoms with Crippen molar-refractivity contribution in [3.63, 3.8) is 0 Å². The molecule has 2 atom stereocenters. The van der Waals surface area contributed by atoms with Crippen LogP contribution in [0.5, 0.6) is 0 Å². The van der Waals surface area contributed by atoms with Gasteiger partial charge in [-0.2, -0.15) is 0 Å². The number of benzene rings is 1. The number of hydrogen-bond acceptors (Lipinski definition) is 2. The van der Waals surface area contributed by atoms with Gasteiger partial charge in [-0.25, -0.2) is 0 Å². The van der Waals surface area contributed by atoms with Crippen molar-refractivity contribution >= 4 is 23.4 Å². The Balaban J connectivity index is 2.46. The van der Waals surface area contributed by atoms with Crippen molar-refractivity contribution in [2.45, 2.75) is 31.6 Å². The zero-order chi connectivity index (χ0) is 14.0. The molecule has 0 aliphatic heterocycles. The molecule has 0 saturated heterocycles. The minimum Gasteiger partial charge on any atom is -0.369 e. The third-order valence-electron chi connectivity index (χ3n) is 3.81. The van der Waals surface area contributed by atoms with Crippen molar-refractivity contribution in [3.05, 3.63) is 34.3 Å². The highest BCUT2D eigenvalue weighted by Gasteiger charge is 2.32. The van der Waals surface area contributed by atoms with Crippen LogP contribution in [0.25, 0.3) is 0 Å². The van der Waals surface area contributed by atoms with Crippen LogP contribution in [0.3, 0.4) is 0 Å². The van der Waals surface area contributed by atoms with Crippen molar-refractivity contribution in [3.8, 4) is 0 Å². The van der Waals surface area contributed by atoms with E-state index in [1.54, 1.807) is 18.2 Å². The third kappa shape index (κ3) is 2.89. The van der Waals surface area contributed by atoms with Crippen LogP contribution < -0.4 is 11.5 Å². The van der Waals surface area contributed by atoms with Gasteiger partial charge in [0.05, 0.1) is 0 Å². The van der Waals surface area contributed by atoms with E-state index >= 15 is 0 Å². The number of primary amides is 2. The number of rotatable bonds is 3. The molecule has 5 heteroatoms. The summed E-state index contributed by atoms with van der Waals surface area (Å²) in [5.41, 5.74) is 12.1. The van der Waals surface area contributed by atoms with Crippen LogP contribution in [0.1, 0.15) is 47.5 Å². The first-order chi connectivity index (χ1) is 9.00. The monoisotopic (exact) mass is 280 g/mol. The molecular formula is C14H17ClN2O2. The van der Waals surface area contributed by atoms with Gasteiger partial charge in [-0.1, -0.05) is 24.4 Å². The quantitative estimate of drug-likeness (QED) is 0.889. The van der Waals surface area contributed by atoms with Gasteiger partial charge in [0.2, 0.25) is 11.8 Å². The van der Waals surface area contributed by atoms with Crippen LogP contribution in [0, 0.1) is 5.92 Å². The molecule has 0 bridgehead atoms. The summed E-state index contributed by atoms with van der Waals surface area (Å²) < 4.78 is 0. The van der Waals surface area contributed by atoms with E-state index in [2.05, 4.69) is 0 Å². The molecule has 1 aliphatic rings. The van der Waals surface area contributed by atoms with Crippen LogP contribution >= 0.6 is 11.6 Å². The molecule has 1 aromatic rings.